The SMILES string of the molecule is COc1cc(/C=N\NC(=O)C(=O)Nc2ccc(C)c(Cl)c2)ccc1OCc1ccc(Br)cc1. The van der Waals surface area contributed by atoms with Gasteiger partial charge in [0, 0.05) is 15.2 Å². The number of ether oxygens (including phenoxy) is 2. The topological polar surface area (TPSA) is 89.0 Å². The van der Waals surface area contributed by atoms with Crippen LogP contribution in [-0.4, -0.2) is 25.1 Å². The normalized spacial score (nSPS) is 10.7. The Hall–Kier alpha value is -3.36. The lowest BCUT2D eigenvalue weighted by atomic mass is 10.2. The standard InChI is InChI=1S/C24H21BrClN3O4/c1-15-3-9-19(12-20(15)26)28-23(30)24(31)29-27-13-17-6-10-21(22(11-17)32-2)33-14-16-4-7-18(25)8-5-16/h3-13H,14H2,1-2H3,(H,28,30)(H,29,31)/b27-13-. The summed E-state index contributed by atoms with van der Waals surface area (Å²) in [7, 11) is 1.53. The highest BCUT2D eigenvalue weighted by Gasteiger charge is 2.13. The first-order chi connectivity index (χ1) is 15.9. The molecule has 0 atom stereocenters. The van der Waals surface area contributed by atoms with Gasteiger partial charge in [0.25, 0.3) is 0 Å². The van der Waals surface area contributed by atoms with Crippen molar-refractivity contribution >= 4 is 51.2 Å². The van der Waals surface area contributed by atoms with E-state index in [9.17, 15) is 9.59 Å². The number of benzene rings is 3. The monoisotopic (exact) mass is 529 g/mol. The largest absolute Gasteiger partial charge is 0.493 e. The van der Waals surface area contributed by atoms with Crippen LogP contribution in [0.5, 0.6) is 11.5 Å². The number of halogens is 2. The molecule has 0 aliphatic heterocycles. The van der Waals surface area contributed by atoms with E-state index in [1.807, 2.05) is 31.2 Å². The van der Waals surface area contributed by atoms with Gasteiger partial charge in [0.2, 0.25) is 0 Å². The van der Waals surface area contributed by atoms with Crippen LogP contribution in [0.25, 0.3) is 0 Å². The predicted octanol–water partition coefficient (Wildman–Crippen LogP) is 5.09. The lowest BCUT2D eigenvalue weighted by molar-refractivity contribution is -0.136. The molecule has 0 saturated heterocycles. The van der Waals surface area contributed by atoms with E-state index in [2.05, 4.69) is 31.8 Å². The van der Waals surface area contributed by atoms with Gasteiger partial charge < -0.3 is 14.8 Å². The van der Waals surface area contributed by atoms with Crippen LogP contribution < -0.4 is 20.2 Å². The molecule has 0 heterocycles. The van der Waals surface area contributed by atoms with Crippen molar-refractivity contribution in [2.45, 2.75) is 13.5 Å². The van der Waals surface area contributed by atoms with E-state index in [-0.39, 0.29) is 0 Å². The predicted molar refractivity (Wildman–Crippen MR) is 132 cm³/mol. The first-order valence-corrected chi connectivity index (χ1v) is 11.0. The molecule has 0 saturated carbocycles. The number of amides is 2. The maximum atomic E-state index is 12.0. The zero-order valence-corrected chi connectivity index (χ0v) is 20.2. The van der Waals surface area contributed by atoms with Gasteiger partial charge in [-0.1, -0.05) is 45.7 Å². The second-order valence-corrected chi connectivity index (χ2v) is 8.27. The van der Waals surface area contributed by atoms with Crippen molar-refractivity contribution in [3.63, 3.8) is 0 Å². The van der Waals surface area contributed by atoms with Crippen molar-refractivity contribution in [2.24, 2.45) is 5.10 Å². The van der Waals surface area contributed by atoms with Gasteiger partial charge in [-0.2, -0.15) is 5.10 Å². The van der Waals surface area contributed by atoms with Crippen molar-refractivity contribution < 1.29 is 19.1 Å². The van der Waals surface area contributed by atoms with Crippen LogP contribution >= 0.6 is 27.5 Å². The summed E-state index contributed by atoms with van der Waals surface area (Å²) in [4.78, 5) is 24.0. The highest BCUT2D eigenvalue weighted by molar-refractivity contribution is 9.10. The van der Waals surface area contributed by atoms with Crippen LogP contribution in [0.3, 0.4) is 0 Å². The number of anilines is 1. The molecule has 0 spiro atoms. The second-order valence-electron chi connectivity index (χ2n) is 6.94. The number of nitrogens with one attached hydrogen (secondary N) is 2. The Morgan fingerprint density at radius 1 is 1.03 bits per heavy atom. The maximum Gasteiger partial charge on any atom is 0.329 e. The van der Waals surface area contributed by atoms with Crippen LogP contribution in [0.1, 0.15) is 16.7 Å². The first-order valence-electron chi connectivity index (χ1n) is 9.81. The number of hydrazone groups is 1. The number of methoxy groups -OCH3 is 1. The summed E-state index contributed by atoms with van der Waals surface area (Å²) in [6.45, 7) is 2.22. The molecular formula is C24H21BrClN3O4. The zero-order valence-electron chi connectivity index (χ0n) is 17.9. The summed E-state index contributed by atoms with van der Waals surface area (Å²) < 4.78 is 12.2. The molecule has 3 aromatic rings. The molecule has 0 aliphatic carbocycles. The number of hydrogen-bond donors (Lipinski definition) is 2. The molecule has 170 valence electrons. The van der Waals surface area contributed by atoms with Crippen molar-refractivity contribution in [1.82, 2.24) is 5.43 Å². The number of aryl methyl sites for hydroxylation is 1. The molecule has 33 heavy (non-hydrogen) atoms. The van der Waals surface area contributed by atoms with Gasteiger partial charge in [0.05, 0.1) is 13.3 Å². The summed E-state index contributed by atoms with van der Waals surface area (Å²) in [5, 5.41) is 6.79. The van der Waals surface area contributed by atoms with Gasteiger partial charge >= 0.3 is 11.8 Å². The number of rotatable bonds is 7. The lowest BCUT2D eigenvalue weighted by Gasteiger charge is -2.11. The molecule has 9 heteroatoms. The van der Waals surface area contributed by atoms with Gasteiger partial charge in [-0.25, -0.2) is 5.43 Å². The van der Waals surface area contributed by atoms with E-state index < -0.39 is 11.8 Å². The number of carbonyl (C=O) groups excluding carboxylic acids is 2. The third-order valence-electron chi connectivity index (χ3n) is 4.51. The highest BCUT2D eigenvalue weighted by Crippen LogP contribution is 2.28. The van der Waals surface area contributed by atoms with Crippen molar-refractivity contribution in [1.29, 1.82) is 0 Å². The minimum absolute atomic E-state index is 0.383. The van der Waals surface area contributed by atoms with Crippen molar-refractivity contribution in [2.75, 3.05) is 12.4 Å². The molecule has 2 N–H and O–H groups in total. The minimum atomic E-state index is -0.913. The zero-order chi connectivity index (χ0) is 23.8. The molecule has 0 radical (unpaired) electrons. The molecule has 0 aromatic heterocycles. The smallest absolute Gasteiger partial charge is 0.329 e. The van der Waals surface area contributed by atoms with Gasteiger partial charge in [-0.05, 0) is 66.1 Å². The molecule has 0 bridgehead atoms. The number of hydrogen-bond acceptors (Lipinski definition) is 5. The molecule has 0 unspecified atom stereocenters. The fourth-order valence-corrected chi connectivity index (χ4v) is 3.14. The molecule has 3 rings (SSSR count). The Morgan fingerprint density at radius 2 is 1.79 bits per heavy atom. The fraction of sp³-hybridized carbons (Fsp3) is 0.125. The summed E-state index contributed by atoms with van der Waals surface area (Å²) >= 11 is 9.43. The van der Waals surface area contributed by atoms with Crippen LogP contribution in [-0.2, 0) is 16.2 Å². The minimum Gasteiger partial charge on any atom is -0.493 e. The van der Waals surface area contributed by atoms with Gasteiger partial charge in [0.15, 0.2) is 11.5 Å². The molecule has 2 amide bonds. The third-order valence-corrected chi connectivity index (χ3v) is 5.45. The highest BCUT2D eigenvalue weighted by atomic mass is 79.9. The number of carbonyl (C=O) groups is 2. The van der Waals surface area contributed by atoms with Gasteiger partial charge in [0.1, 0.15) is 6.61 Å². The average Bonchev–Trinajstić information content (AvgIpc) is 2.81. The van der Waals surface area contributed by atoms with Crippen LogP contribution in [0.4, 0.5) is 5.69 Å². The van der Waals surface area contributed by atoms with Gasteiger partial charge in [-0.3, -0.25) is 9.59 Å². The Kier molecular flexibility index (Phi) is 8.46. The van der Waals surface area contributed by atoms with Crippen molar-refractivity contribution in [3.8, 4) is 11.5 Å². The Morgan fingerprint density at radius 3 is 2.48 bits per heavy atom. The average molecular weight is 531 g/mol. The first kappa shape index (κ1) is 24.3. The van der Waals surface area contributed by atoms with E-state index in [1.165, 1.54) is 13.3 Å². The van der Waals surface area contributed by atoms with E-state index in [0.717, 1.165) is 15.6 Å². The van der Waals surface area contributed by atoms with Gasteiger partial charge in [-0.15, -0.1) is 0 Å². The summed E-state index contributed by atoms with van der Waals surface area (Å²) in [5.74, 6) is -0.695. The van der Waals surface area contributed by atoms with Crippen LogP contribution in [0, 0.1) is 6.92 Å². The molecule has 0 aliphatic rings. The summed E-state index contributed by atoms with van der Waals surface area (Å²) in [5.41, 5.74) is 5.13. The molecule has 0 fully saturated rings. The second kappa shape index (κ2) is 11.5. The Labute approximate surface area is 204 Å². The maximum absolute atomic E-state index is 12.0. The van der Waals surface area contributed by atoms with Crippen molar-refractivity contribution in [3.05, 3.63) is 86.8 Å². The Balaban J connectivity index is 1.56. The molecular weight excluding hydrogens is 510 g/mol. The van der Waals surface area contributed by atoms with E-state index in [0.29, 0.717) is 34.4 Å². The molecule has 7 nitrogen and oxygen atoms in total. The third kappa shape index (κ3) is 7.06. The van der Waals surface area contributed by atoms with E-state index >= 15 is 0 Å². The molecule has 3 aromatic carbocycles. The quantitative estimate of drug-likeness (QED) is 0.253. The summed E-state index contributed by atoms with van der Waals surface area (Å²) in [6.07, 6.45) is 1.40. The van der Waals surface area contributed by atoms with E-state index in [4.69, 9.17) is 21.1 Å². The fourth-order valence-electron chi connectivity index (χ4n) is 2.70. The van der Waals surface area contributed by atoms with E-state index in [1.54, 1.807) is 36.4 Å². The summed E-state index contributed by atoms with van der Waals surface area (Å²) in [6, 6.07) is 18.0. The Bertz CT molecular complexity index is 1180. The van der Waals surface area contributed by atoms with Crippen LogP contribution in [0.2, 0.25) is 5.02 Å². The lowest BCUT2D eigenvalue weighted by Crippen LogP contribution is -2.32. The van der Waals surface area contributed by atoms with Crippen LogP contribution in [0.15, 0.2) is 70.2 Å². The number of nitrogens with zero attached hydrogens (tertiary/aromatic N) is 1.